The predicted octanol–water partition coefficient (Wildman–Crippen LogP) is 2.94. The molecule has 0 aliphatic heterocycles. The van der Waals surface area contributed by atoms with Crippen LogP contribution in [0.25, 0.3) is 10.9 Å². The van der Waals surface area contributed by atoms with E-state index in [0.29, 0.717) is 5.82 Å². The molecule has 0 saturated heterocycles. The molecular weight excluding hydrogens is 242 g/mol. The number of hydrogen-bond donors (Lipinski definition) is 1. The molecule has 0 aliphatic carbocycles. The fourth-order valence-electron chi connectivity index (χ4n) is 1.32. The summed E-state index contributed by atoms with van der Waals surface area (Å²) in [7, 11) is 1.88. The van der Waals surface area contributed by atoms with Gasteiger partial charge in [-0.1, -0.05) is 19.9 Å². The largest absolute Gasteiger partial charge is 0.382 e. The van der Waals surface area contributed by atoms with E-state index in [1.54, 1.807) is 4.68 Å². The first-order valence-corrected chi connectivity index (χ1v) is 5.36. The first-order valence-electron chi connectivity index (χ1n) is 4.57. The van der Waals surface area contributed by atoms with Gasteiger partial charge in [0.05, 0.1) is 5.52 Å². The van der Waals surface area contributed by atoms with Crippen molar-refractivity contribution in [2.75, 3.05) is 5.73 Å². The summed E-state index contributed by atoms with van der Waals surface area (Å²) >= 11 is 3.44. The molecule has 3 nitrogen and oxygen atoms in total. The molecular formula is C10H14BrN3. The molecule has 1 aromatic carbocycles. The van der Waals surface area contributed by atoms with E-state index in [1.165, 1.54) is 0 Å². The minimum atomic E-state index is 0.578. The van der Waals surface area contributed by atoms with Crippen LogP contribution in [0.1, 0.15) is 13.8 Å². The van der Waals surface area contributed by atoms with Crippen molar-refractivity contribution < 1.29 is 0 Å². The van der Waals surface area contributed by atoms with E-state index in [0.717, 1.165) is 15.4 Å². The van der Waals surface area contributed by atoms with Crippen LogP contribution in [0.5, 0.6) is 0 Å². The van der Waals surface area contributed by atoms with Gasteiger partial charge in [-0.25, -0.2) is 0 Å². The highest BCUT2D eigenvalue weighted by Crippen LogP contribution is 2.26. The SMILES string of the molecule is CC.Cn1nc(N)c2cccc(Br)c21. The van der Waals surface area contributed by atoms with E-state index < -0.39 is 0 Å². The summed E-state index contributed by atoms with van der Waals surface area (Å²) in [6, 6.07) is 5.89. The third kappa shape index (κ3) is 1.75. The van der Waals surface area contributed by atoms with Crippen LogP contribution in [0, 0.1) is 0 Å². The van der Waals surface area contributed by atoms with Gasteiger partial charge in [0.1, 0.15) is 0 Å². The number of aryl methyl sites for hydroxylation is 1. The highest BCUT2D eigenvalue weighted by atomic mass is 79.9. The van der Waals surface area contributed by atoms with Crippen LogP contribution in [-0.2, 0) is 7.05 Å². The molecule has 76 valence electrons. The molecule has 0 fully saturated rings. The van der Waals surface area contributed by atoms with Crippen LogP contribution >= 0.6 is 15.9 Å². The molecule has 14 heavy (non-hydrogen) atoms. The Balaban J connectivity index is 0.000000461. The fourth-order valence-corrected chi connectivity index (χ4v) is 1.94. The van der Waals surface area contributed by atoms with E-state index in [4.69, 9.17) is 5.73 Å². The Morgan fingerprint density at radius 3 is 2.57 bits per heavy atom. The van der Waals surface area contributed by atoms with Gasteiger partial charge in [0, 0.05) is 16.9 Å². The maximum atomic E-state index is 5.69. The van der Waals surface area contributed by atoms with Gasteiger partial charge in [0.25, 0.3) is 0 Å². The van der Waals surface area contributed by atoms with Gasteiger partial charge in [-0.2, -0.15) is 5.10 Å². The second-order valence-electron chi connectivity index (χ2n) is 2.64. The van der Waals surface area contributed by atoms with E-state index in [2.05, 4.69) is 21.0 Å². The summed E-state index contributed by atoms with van der Waals surface area (Å²) in [5.41, 5.74) is 6.73. The lowest BCUT2D eigenvalue weighted by Gasteiger charge is -1.95. The maximum Gasteiger partial charge on any atom is 0.153 e. The summed E-state index contributed by atoms with van der Waals surface area (Å²) in [5, 5.41) is 5.11. The molecule has 4 heteroatoms. The summed E-state index contributed by atoms with van der Waals surface area (Å²) in [6.45, 7) is 4.00. The number of hydrogen-bond acceptors (Lipinski definition) is 2. The molecule has 2 rings (SSSR count). The smallest absolute Gasteiger partial charge is 0.153 e. The predicted molar refractivity (Wildman–Crippen MR) is 64.2 cm³/mol. The van der Waals surface area contributed by atoms with Gasteiger partial charge in [-0.15, -0.1) is 0 Å². The van der Waals surface area contributed by atoms with Gasteiger partial charge in [0.2, 0.25) is 0 Å². The summed E-state index contributed by atoms with van der Waals surface area (Å²) < 4.78 is 2.79. The number of aromatic nitrogens is 2. The Labute approximate surface area is 92.0 Å². The molecule has 0 amide bonds. The number of halogens is 1. The van der Waals surface area contributed by atoms with Crippen molar-refractivity contribution in [2.45, 2.75) is 13.8 Å². The Morgan fingerprint density at radius 1 is 1.36 bits per heavy atom. The van der Waals surface area contributed by atoms with Crippen LogP contribution in [0.3, 0.4) is 0 Å². The number of para-hydroxylation sites is 1. The molecule has 0 aliphatic rings. The summed E-state index contributed by atoms with van der Waals surface area (Å²) in [5.74, 6) is 0.578. The number of nitrogens with two attached hydrogens (primary N) is 1. The Kier molecular flexibility index (Phi) is 3.52. The molecule has 0 bridgehead atoms. The first kappa shape index (κ1) is 11.0. The van der Waals surface area contributed by atoms with Crippen molar-refractivity contribution in [1.29, 1.82) is 0 Å². The lowest BCUT2D eigenvalue weighted by Crippen LogP contribution is -1.91. The van der Waals surface area contributed by atoms with Crippen LogP contribution in [0.2, 0.25) is 0 Å². The minimum Gasteiger partial charge on any atom is -0.382 e. The van der Waals surface area contributed by atoms with Crippen molar-refractivity contribution in [3.63, 3.8) is 0 Å². The normalized spacial score (nSPS) is 9.71. The number of rotatable bonds is 0. The van der Waals surface area contributed by atoms with Gasteiger partial charge >= 0.3 is 0 Å². The molecule has 1 heterocycles. The first-order chi connectivity index (χ1) is 6.70. The Hall–Kier alpha value is -1.03. The molecule has 0 unspecified atom stereocenters. The average Bonchev–Trinajstić information content (AvgIpc) is 2.47. The van der Waals surface area contributed by atoms with Crippen LogP contribution in [0.15, 0.2) is 22.7 Å². The van der Waals surface area contributed by atoms with Gasteiger partial charge in [-0.05, 0) is 28.1 Å². The van der Waals surface area contributed by atoms with E-state index in [9.17, 15) is 0 Å². The molecule has 0 saturated carbocycles. The lowest BCUT2D eigenvalue weighted by atomic mass is 10.2. The topological polar surface area (TPSA) is 43.8 Å². The van der Waals surface area contributed by atoms with Gasteiger partial charge in [0.15, 0.2) is 5.82 Å². The maximum absolute atomic E-state index is 5.69. The molecule has 2 N–H and O–H groups in total. The van der Waals surface area contributed by atoms with E-state index in [1.807, 2.05) is 39.1 Å². The molecule has 0 spiro atoms. The van der Waals surface area contributed by atoms with Crippen LogP contribution in [0.4, 0.5) is 5.82 Å². The Bertz CT molecular complexity index is 434. The number of benzene rings is 1. The Morgan fingerprint density at radius 2 is 2.00 bits per heavy atom. The monoisotopic (exact) mass is 255 g/mol. The summed E-state index contributed by atoms with van der Waals surface area (Å²) in [4.78, 5) is 0. The quantitative estimate of drug-likeness (QED) is 0.787. The highest BCUT2D eigenvalue weighted by molar-refractivity contribution is 9.10. The van der Waals surface area contributed by atoms with Crippen molar-refractivity contribution in [2.24, 2.45) is 7.05 Å². The zero-order valence-electron chi connectivity index (χ0n) is 8.58. The van der Waals surface area contributed by atoms with Crippen molar-refractivity contribution in [3.05, 3.63) is 22.7 Å². The van der Waals surface area contributed by atoms with Gasteiger partial charge < -0.3 is 5.73 Å². The third-order valence-corrected chi connectivity index (χ3v) is 2.48. The molecule has 0 atom stereocenters. The number of anilines is 1. The van der Waals surface area contributed by atoms with Crippen LogP contribution in [-0.4, -0.2) is 9.78 Å². The van der Waals surface area contributed by atoms with Crippen molar-refractivity contribution in [1.82, 2.24) is 9.78 Å². The number of nitrogen functional groups attached to an aromatic ring is 1. The zero-order valence-corrected chi connectivity index (χ0v) is 10.2. The van der Waals surface area contributed by atoms with Crippen molar-refractivity contribution in [3.8, 4) is 0 Å². The minimum absolute atomic E-state index is 0.578. The molecule has 0 radical (unpaired) electrons. The number of fused-ring (bicyclic) bond motifs is 1. The summed E-state index contributed by atoms with van der Waals surface area (Å²) in [6.07, 6.45) is 0. The second kappa shape index (κ2) is 4.46. The van der Waals surface area contributed by atoms with E-state index >= 15 is 0 Å². The third-order valence-electron chi connectivity index (χ3n) is 1.84. The van der Waals surface area contributed by atoms with Crippen LogP contribution < -0.4 is 5.73 Å². The van der Waals surface area contributed by atoms with Crippen molar-refractivity contribution >= 4 is 32.7 Å². The average molecular weight is 256 g/mol. The lowest BCUT2D eigenvalue weighted by molar-refractivity contribution is 0.800. The molecule has 1 aromatic heterocycles. The second-order valence-corrected chi connectivity index (χ2v) is 3.50. The standard InChI is InChI=1S/C8H8BrN3.C2H6/c1-12-7-5(8(10)11-12)3-2-4-6(7)9;1-2/h2-4H,1H3,(H2,10,11);1-2H3. The van der Waals surface area contributed by atoms with Gasteiger partial charge in [-0.3, -0.25) is 4.68 Å². The fraction of sp³-hybridized carbons (Fsp3) is 0.300. The van der Waals surface area contributed by atoms with E-state index in [-0.39, 0.29) is 0 Å². The zero-order chi connectivity index (χ0) is 10.7. The number of nitrogens with zero attached hydrogens (tertiary/aromatic N) is 2. The molecule has 2 aromatic rings. The highest BCUT2D eigenvalue weighted by Gasteiger charge is 2.06.